The van der Waals surface area contributed by atoms with Crippen LogP contribution in [0.25, 0.3) is 11.4 Å². The molecule has 2 aromatic carbocycles. The Bertz CT molecular complexity index is 1040. The van der Waals surface area contributed by atoms with Crippen LogP contribution < -0.4 is 10.1 Å². The summed E-state index contributed by atoms with van der Waals surface area (Å²) < 4.78 is 11.1. The predicted molar refractivity (Wildman–Crippen MR) is 123 cm³/mol. The summed E-state index contributed by atoms with van der Waals surface area (Å²) in [5, 5.41) is 7.15. The summed E-state index contributed by atoms with van der Waals surface area (Å²) in [6.45, 7) is 8.27. The second-order valence-electron chi connectivity index (χ2n) is 8.61. The first-order valence-electron chi connectivity index (χ1n) is 11.2. The van der Waals surface area contributed by atoms with Crippen LogP contribution in [-0.4, -0.2) is 40.1 Å². The number of anilines is 1. The Morgan fingerprint density at radius 3 is 2.62 bits per heavy atom. The van der Waals surface area contributed by atoms with E-state index < -0.39 is 0 Å². The normalized spacial score (nSPS) is 15.1. The van der Waals surface area contributed by atoms with Crippen LogP contribution in [0.2, 0.25) is 0 Å². The van der Waals surface area contributed by atoms with Gasteiger partial charge in [-0.1, -0.05) is 28.9 Å². The first-order chi connectivity index (χ1) is 15.5. The molecule has 0 unspecified atom stereocenters. The molecular formula is C25H30N4O3. The molecule has 1 aliphatic rings. The highest BCUT2D eigenvalue weighted by Gasteiger charge is 2.26. The zero-order valence-corrected chi connectivity index (χ0v) is 18.9. The van der Waals surface area contributed by atoms with E-state index in [0.29, 0.717) is 18.3 Å². The lowest BCUT2D eigenvalue weighted by Crippen LogP contribution is -2.37. The van der Waals surface area contributed by atoms with Gasteiger partial charge in [-0.2, -0.15) is 4.98 Å². The van der Waals surface area contributed by atoms with Crippen molar-refractivity contribution in [1.29, 1.82) is 0 Å². The molecule has 0 radical (unpaired) electrons. The maximum absolute atomic E-state index is 12.7. The summed E-state index contributed by atoms with van der Waals surface area (Å²) in [4.78, 5) is 19.5. The van der Waals surface area contributed by atoms with E-state index in [-0.39, 0.29) is 17.9 Å². The number of nitrogens with zero attached hydrogens (tertiary/aromatic N) is 3. The van der Waals surface area contributed by atoms with Crippen LogP contribution in [0, 0.1) is 12.8 Å². The van der Waals surface area contributed by atoms with Gasteiger partial charge in [0.05, 0.1) is 12.6 Å². The molecule has 1 amide bonds. The van der Waals surface area contributed by atoms with Gasteiger partial charge in [0.25, 0.3) is 0 Å². The molecule has 0 atom stereocenters. The van der Waals surface area contributed by atoms with Crippen molar-refractivity contribution in [3.63, 3.8) is 0 Å². The number of carbonyl (C=O) groups excluding carboxylic acids is 1. The lowest BCUT2D eigenvalue weighted by molar-refractivity contribution is -0.121. The Kier molecular flexibility index (Phi) is 6.85. The van der Waals surface area contributed by atoms with Gasteiger partial charge < -0.3 is 14.6 Å². The van der Waals surface area contributed by atoms with Crippen molar-refractivity contribution >= 4 is 11.6 Å². The third kappa shape index (κ3) is 5.73. The first-order valence-corrected chi connectivity index (χ1v) is 11.2. The van der Waals surface area contributed by atoms with E-state index in [2.05, 4.69) is 20.4 Å². The molecule has 3 aromatic rings. The molecule has 0 aliphatic carbocycles. The van der Waals surface area contributed by atoms with E-state index in [1.807, 2.05) is 69.3 Å². The largest absolute Gasteiger partial charge is 0.491 e. The van der Waals surface area contributed by atoms with Gasteiger partial charge in [0.15, 0.2) is 0 Å². The Labute approximate surface area is 188 Å². The molecule has 0 saturated carbocycles. The molecule has 0 spiro atoms. The summed E-state index contributed by atoms with van der Waals surface area (Å²) in [6, 6.07) is 15.6. The third-order valence-electron chi connectivity index (χ3n) is 5.56. The van der Waals surface area contributed by atoms with Crippen LogP contribution in [0.15, 0.2) is 53.1 Å². The quantitative estimate of drug-likeness (QED) is 0.581. The Hall–Kier alpha value is -3.19. The van der Waals surface area contributed by atoms with Crippen LogP contribution in [0.4, 0.5) is 5.69 Å². The van der Waals surface area contributed by atoms with Crippen molar-refractivity contribution in [3.8, 4) is 17.1 Å². The van der Waals surface area contributed by atoms with E-state index in [9.17, 15) is 4.79 Å². The number of aryl methyl sites for hydroxylation is 1. The van der Waals surface area contributed by atoms with E-state index in [4.69, 9.17) is 9.26 Å². The highest BCUT2D eigenvalue weighted by molar-refractivity contribution is 5.92. The maximum Gasteiger partial charge on any atom is 0.241 e. The molecule has 7 nitrogen and oxygen atoms in total. The molecule has 1 fully saturated rings. The van der Waals surface area contributed by atoms with E-state index in [1.165, 1.54) is 0 Å². The van der Waals surface area contributed by atoms with Crippen LogP contribution in [0.5, 0.6) is 5.75 Å². The molecule has 168 valence electrons. The second-order valence-corrected chi connectivity index (χ2v) is 8.61. The Morgan fingerprint density at radius 1 is 1.19 bits per heavy atom. The number of ether oxygens (including phenoxy) is 1. The number of nitrogens with one attached hydrogen (secondary N) is 1. The standard InChI is InChI=1S/C25H30N4O3/c1-17(2)31-22-9-7-21(8-10-22)26-25(30)19-11-13-29(14-12-19)16-23-27-24(28-32-23)20-6-4-5-18(3)15-20/h4-10,15,17,19H,11-14,16H2,1-3H3,(H,26,30). The topological polar surface area (TPSA) is 80.5 Å². The number of rotatable bonds is 7. The van der Waals surface area contributed by atoms with E-state index in [1.54, 1.807) is 0 Å². The van der Waals surface area contributed by atoms with Gasteiger partial charge in [-0.05, 0) is 77.0 Å². The molecule has 4 rings (SSSR count). The fraction of sp³-hybridized carbons (Fsp3) is 0.400. The van der Waals surface area contributed by atoms with Crippen LogP contribution in [0.1, 0.15) is 38.1 Å². The molecule has 1 N–H and O–H groups in total. The molecule has 1 saturated heterocycles. The molecule has 1 aromatic heterocycles. The van der Waals surface area contributed by atoms with E-state index >= 15 is 0 Å². The van der Waals surface area contributed by atoms with Crippen molar-refractivity contribution in [1.82, 2.24) is 15.0 Å². The van der Waals surface area contributed by atoms with Crippen LogP contribution in [0.3, 0.4) is 0 Å². The van der Waals surface area contributed by atoms with Gasteiger partial charge in [-0.25, -0.2) is 0 Å². The lowest BCUT2D eigenvalue weighted by atomic mass is 9.96. The number of piperidine rings is 1. The fourth-order valence-electron chi connectivity index (χ4n) is 3.90. The average molecular weight is 435 g/mol. The lowest BCUT2D eigenvalue weighted by Gasteiger charge is -2.30. The zero-order chi connectivity index (χ0) is 22.5. The summed E-state index contributed by atoms with van der Waals surface area (Å²) in [7, 11) is 0. The maximum atomic E-state index is 12.7. The van der Waals surface area contributed by atoms with Crippen molar-refractivity contribution in [2.45, 2.75) is 46.3 Å². The SMILES string of the molecule is Cc1cccc(-c2noc(CN3CCC(C(=O)Nc4ccc(OC(C)C)cc4)CC3)n2)c1. The highest BCUT2D eigenvalue weighted by atomic mass is 16.5. The number of benzene rings is 2. The van der Waals surface area contributed by atoms with Gasteiger partial charge >= 0.3 is 0 Å². The van der Waals surface area contributed by atoms with Crippen molar-refractivity contribution in [2.75, 3.05) is 18.4 Å². The van der Waals surface area contributed by atoms with Crippen LogP contribution >= 0.6 is 0 Å². The number of amides is 1. The molecule has 0 bridgehead atoms. The van der Waals surface area contributed by atoms with Gasteiger partial charge in [0.2, 0.25) is 17.6 Å². The summed E-state index contributed by atoms with van der Waals surface area (Å²) >= 11 is 0. The highest BCUT2D eigenvalue weighted by Crippen LogP contribution is 2.23. The first kappa shape index (κ1) is 22.0. The van der Waals surface area contributed by atoms with Gasteiger partial charge in [-0.15, -0.1) is 0 Å². The van der Waals surface area contributed by atoms with Crippen molar-refractivity contribution < 1.29 is 14.1 Å². The van der Waals surface area contributed by atoms with Gasteiger partial charge in [0.1, 0.15) is 5.75 Å². The minimum Gasteiger partial charge on any atom is -0.491 e. The number of hydrogen-bond donors (Lipinski definition) is 1. The molecule has 7 heteroatoms. The number of hydrogen-bond acceptors (Lipinski definition) is 6. The number of likely N-dealkylation sites (tertiary alicyclic amines) is 1. The van der Waals surface area contributed by atoms with Crippen molar-refractivity contribution in [3.05, 3.63) is 60.0 Å². The van der Waals surface area contributed by atoms with E-state index in [0.717, 1.165) is 48.5 Å². The minimum absolute atomic E-state index is 0.00313. The summed E-state index contributed by atoms with van der Waals surface area (Å²) in [5.41, 5.74) is 2.91. The number of aromatic nitrogens is 2. The second kappa shape index (κ2) is 9.96. The smallest absolute Gasteiger partial charge is 0.241 e. The Balaban J connectivity index is 1.26. The number of carbonyl (C=O) groups is 1. The van der Waals surface area contributed by atoms with Crippen molar-refractivity contribution in [2.24, 2.45) is 5.92 Å². The van der Waals surface area contributed by atoms with Gasteiger partial charge in [0, 0.05) is 17.2 Å². The third-order valence-corrected chi connectivity index (χ3v) is 5.56. The van der Waals surface area contributed by atoms with Crippen LogP contribution in [-0.2, 0) is 11.3 Å². The molecule has 32 heavy (non-hydrogen) atoms. The predicted octanol–water partition coefficient (Wildman–Crippen LogP) is 4.68. The average Bonchev–Trinajstić information content (AvgIpc) is 3.24. The summed E-state index contributed by atoms with van der Waals surface area (Å²) in [6.07, 6.45) is 1.74. The van der Waals surface area contributed by atoms with Gasteiger partial charge in [-0.3, -0.25) is 9.69 Å². The minimum atomic E-state index is 0.00313. The molecule has 1 aliphatic heterocycles. The fourth-order valence-corrected chi connectivity index (χ4v) is 3.90. The molecular weight excluding hydrogens is 404 g/mol. The zero-order valence-electron chi connectivity index (χ0n) is 18.9. The molecule has 2 heterocycles. The summed E-state index contributed by atoms with van der Waals surface area (Å²) in [5.74, 6) is 2.10. The Morgan fingerprint density at radius 2 is 1.94 bits per heavy atom. The monoisotopic (exact) mass is 434 g/mol.